The van der Waals surface area contributed by atoms with E-state index in [0.29, 0.717) is 18.1 Å². The first-order valence-electron chi connectivity index (χ1n) is 5.92. The van der Waals surface area contributed by atoms with Gasteiger partial charge in [-0.15, -0.1) is 0 Å². The smallest absolute Gasteiger partial charge is 0.140 e. The maximum Gasteiger partial charge on any atom is 0.140 e. The van der Waals surface area contributed by atoms with Gasteiger partial charge < -0.3 is 0 Å². The first-order valence-corrected chi connectivity index (χ1v) is 6.30. The Labute approximate surface area is 102 Å². The third-order valence-corrected chi connectivity index (χ3v) is 4.40. The number of carbonyl (C=O) groups excluding carboxylic acids is 1. The van der Waals surface area contributed by atoms with Gasteiger partial charge in [0.1, 0.15) is 5.78 Å². The second kappa shape index (κ2) is 4.21. The number of carbonyl (C=O) groups is 1. The number of ketones is 1. The predicted molar refractivity (Wildman–Crippen MR) is 66.8 cm³/mol. The zero-order chi connectivity index (χ0) is 11.8. The molecule has 1 aliphatic carbocycles. The molecule has 1 nitrogen and oxygen atoms in total. The highest BCUT2D eigenvalue weighted by atomic mass is 35.5. The standard InChI is InChI=1S/C14H17ClO/c1-3-14(4-2)12(9-13(14)16)10-5-7-11(15)8-6-10/h5-8,12H,3-4,9H2,1-2H3. The van der Waals surface area contributed by atoms with E-state index in [2.05, 4.69) is 26.0 Å². The van der Waals surface area contributed by atoms with E-state index in [0.717, 1.165) is 17.9 Å². The van der Waals surface area contributed by atoms with Crippen LogP contribution >= 0.6 is 11.6 Å². The zero-order valence-corrected chi connectivity index (χ0v) is 10.6. The first kappa shape index (κ1) is 11.7. The van der Waals surface area contributed by atoms with Gasteiger partial charge in [-0.1, -0.05) is 37.6 Å². The van der Waals surface area contributed by atoms with E-state index in [9.17, 15) is 4.79 Å². The van der Waals surface area contributed by atoms with Gasteiger partial charge in [-0.3, -0.25) is 4.79 Å². The van der Waals surface area contributed by atoms with Crippen molar-refractivity contribution in [2.45, 2.75) is 39.0 Å². The number of Topliss-reactive ketones (excluding diaryl/α,β-unsaturated/α-hetero) is 1. The van der Waals surface area contributed by atoms with E-state index >= 15 is 0 Å². The van der Waals surface area contributed by atoms with Gasteiger partial charge in [0.15, 0.2) is 0 Å². The van der Waals surface area contributed by atoms with E-state index < -0.39 is 0 Å². The monoisotopic (exact) mass is 236 g/mol. The molecule has 0 spiro atoms. The van der Waals surface area contributed by atoms with Crippen LogP contribution in [0.15, 0.2) is 24.3 Å². The van der Waals surface area contributed by atoms with Crippen molar-refractivity contribution in [1.29, 1.82) is 0 Å². The van der Waals surface area contributed by atoms with Gasteiger partial charge >= 0.3 is 0 Å². The molecule has 2 rings (SSSR count). The molecule has 1 saturated carbocycles. The Kier molecular flexibility index (Phi) is 3.07. The molecular formula is C14H17ClO. The summed E-state index contributed by atoms with van der Waals surface area (Å²) in [5.41, 5.74) is 1.15. The van der Waals surface area contributed by atoms with Gasteiger partial charge in [0.25, 0.3) is 0 Å². The summed E-state index contributed by atoms with van der Waals surface area (Å²) in [4.78, 5) is 11.8. The van der Waals surface area contributed by atoms with Crippen LogP contribution in [-0.2, 0) is 4.79 Å². The Balaban J connectivity index is 2.29. The highest BCUT2D eigenvalue weighted by molar-refractivity contribution is 6.30. The van der Waals surface area contributed by atoms with Crippen LogP contribution in [0.5, 0.6) is 0 Å². The first-order chi connectivity index (χ1) is 7.64. The SMILES string of the molecule is CCC1(CC)C(=O)CC1c1ccc(Cl)cc1. The molecule has 0 aliphatic heterocycles. The normalized spacial score (nSPS) is 22.9. The van der Waals surface area contributed by atoms with Gasteiger partial charge in [0.05, 0.1) is 0 Å². The van der Waals surface area contributed by atoms with Crippen molar-refractivity contribution in [3.63, 3.8) is 0 Å². The van der Waals surface area contributed by atoms with Crippen LogP contribution in [0.4, 0.5) is 0 Å². The average Bonchev–Trinajstić information content (AvgIpc) is 2.29. The van der Waals surface area contributed by atoms with Crippen molar-refractivity contribution in [3.8, 4) is 0 Å². The second-order valence-electron chi connectivity index (χ2n) is 4.59. The van der Waals surface area contributed by atoms with Crippen molar-refractivity contribution in [3.05, 3.63) is 34.9 Å². The molecule has 0 radical (unpaired) electrons. The molecule has 0 N–H and O–H groups in total. The van der Waals surface area contributed by atoms with Gasteiger partial charge in [-0.2, -0.15) is 0 Å². The lowest BCUT2D eigenvalue weighted by atomic mass is 9.54. The highest BCUT2D eigenvalue weighted by Crippen LogP contribution is 2.54. The molecule has 2 heteroatoms. The number of hydrogen-bond donors (Lipinski definition) is 0. The Morgan fingerprint density at radius 1 is 1.25 bits per heavy atom. The van der Waals surface area contributed by atoms with Crippen LogP contribution in [0.1, 0.15) is 44.6 Å². The topological polar surface area (TPSA) is 17.1 Å². The largest absolute Gasteiger partial charge is 0.299 e. The van der Waals surface area contributed by atoms with Gasteiger partial charge in [-0.25, -0.2) is 0 Å². The van der Waals surface area contributed by atoms with Gasteiger partial charge in [0, 0.05) is 22.8 Å². The maximum absolute atomic E-state index is 11.8. The quantitative estimate of drug-likeness (QED) is 0.769. The highest BCUT2D eigenvalue weighted by Gasteiger charge is 2.52. The Morgan fingerprint density at radius 2 is 1.81 bits per heavy atom. The van der Waals surface area contributed by atoms with Crippen molar-refractivity contribution in [1.82, 2.24) is 0 Å². The van der Waals surface area contributed by atoms with Crippen molar-refractivity contribution < 1.29 is 4.79 Å². The van der Waals surface area contributed by atoms with E-state index in [1.807, 2.05) is 12.1 Å². The molecule has 0 amide bonds. The van der Waals surface area contributed by atoms with E-state index in [-0.39, 0.29) is 5.41 Å². The third-order valence-electron chi connectivity index (χ3n) is 4.15. The molecule has 1 unspecified atom stereocenters. The molecule has 1 aromatic rings. The Morgan fingerprint density at radius 3 is 2.25 bits per heavy atom. The molecule has 1 atom stereocenters. The van der Waals surface area contributed by atoms with Crippen molar-refractivity contribution in [2.75, 3.05) is 0 Å². The minimum atomic E-state index is -0.103. The fourth-order valence-electron chi connectivity index (χ4n) is 2.92. The maximum atomic E-state index is 11.8. The van der Waals surface area contributed by atoms with Crippen LogP contribution in [0.25, 0.3) is 0 Å². The number of benzene rings is 1. The number of halogens is 1. The average molecular weight is 237 g/mol. The van der Waals surface area contributed by atoms with Gasteiger partial charge in [-0.05, 0) is 30.5 Å². The zero-order valence-electron chi connectivity index (χ0n) is 9.79. The molecule has 0 heterocycles. The summed E-state index contributed by atoms with van der Waals surface area (Å²) < 4.78 is 0. The molecule has 0 saturated heterocycles. The molecular weight excluding hydrogens is 220 g/mol. The van der Waals surface area contributed by atoms with Crippen LogP contribution in [-0.4, -0.2) is 5.78 Å². The van der Waals surface area contributed by atoms with Crippen molar-refractivity contribution >= 4 is 17.4 Å². The molecule has 1 aliphatic rings. The lowest BCUT2D eigenvalue weighted by Crippen LogP contribution is -2.47. The fraction of sp³-hybridized carbons (Fsp3) is 0.500. The molecule has 16 heavy (non-hydrogen) atoms. The fourth-order valence-corrected chi connectivity index (χ4v) is 3.04. The van der Waals surface area contributed by atoms with Gasteiger partial charge in [0.2, 0.25) is 0 Å². The van der Waals surface area contributed by atoms with E-state index in [4.69, 9.17) is 11.6 Å². The number of rotatable bonds is 3. The Bertz CT molecular complexity index is 390. The third kappa shape index (κ3) is 1.58. The summed E-state index contributed by atoms with van der Waals surface area (Å²) in [7, 11) is 0. The minimum Gasteiger partial charge on any atom is -0.299 e. The molecule has 86 valence electrons. The molecule has 0 aromatic heterocycles. The van der Waals surface area contributed by atoms with Crippen LogP contribution in [0.3, 0.4) is 0 Å². The molecule has 1 fully saturated rings. The summed E-state index contributed by atoms with van der Waals surface area (Å²) in [6.07, 6.45) is 2.58. The lowest BCUT2D eigenvalue weighted by molar-refractivity contribution is -0.141. The summed E-state index contributed by atoms with van der Waals surface area (Å²) in [6.45, 7) is 4.23. The lowest BCUT2D eigenvalue weighted by Gasteiger charge is -2.47. The van der Waals surface area contributed by atoms with E-state index in [1.54, 1.807) is 0 Å². The second-order valence-corrected chi connectivity index (χ2v) is 5.03. The predicted octanol–water partition coefficient (Wildman–Crippen LogP) is 4.20. The summed E-state index contributed by atoms with van der Waals surface area (Å²) >= 11 is 5.88. The van der Waals surface area contributed by atoms with Crippen LogP contribution in [0.2, 0.25) is 5.02 Å². The summed E-state index contributed by atoms with van der Waals surface area (Å²) in [6, 6.07) is 7.94. The summed E-state index contributed by atoms with van der Waals surface area (Å²) in [5.74, 6) is 0.824. The minimum absolute atomic E-state index is 0.103. The number of hydrogen-bond acceptors (Lipinski definition) is 1. The van der Waals surface area contributed by atoms with Crippen LogP contribution < -0.4 is 0 Å². The van der Waals surface area contributed by atoms with Crippen molar-refractivity contribution in [2.24, 2.45) is 5.41 Å². The Hall–Kier alpha value is -0.820. The molecule has 0 bridgehead atoms. The summed E-state index contributed by atoms with van der Waals surface area (Å²) in [5, 5.41) is 0.757. The van der Waals surface area contributed by atoms with Crippen LogP contribution in [0, 0.1) is 5.41 Å². The van der Waals surface area contributed by atoms with E-state index in [1.165, 1.54) is 5.56 Å². The molecule has 1 aromatic carbocycles.